The van der Waals surface area contributed by atoms with E-state index in [1.54, 1.807) is 0 Å². The number of halogens is 18. The zero-order valence-electron chi connectivity index (χ0n) is 33.8. The van der Waals surface area contributed by atoms with E-state index in [-0.39, 0.29) is 40.2 Å². The number of aryl methyl sites for hydroxylation is 3. The van der Waals surface area contributed by atoms with Gasteiger partial charge in [-0.2, -0.15) is 79.0 Å². The highest BCUT2D eigenvalue weighted by Gasteiger charge is 2.82. The van der Waals surface area contributed by atoms with Crippen molar-refractivity contribution in [2.75, 3.05) is 0 Å². The Morgan fingerprint density at radius 1 is 0.462 bits per heavy atom. The minimum Gasteiger partial charge on any atom is -0.423 e. The van der Waals surface area contributed by atoms with E-state index in [0.717, 1.165) is 87.1 Å². The highest BCUT2D eigenvalue weighted by atomic mass is 19.4. The molecule has 362 valence electrons. The minimum absolute atomic E-state index is 0.0597. The molecule has 22 heteroatoms. The smallest absolute Gasteiger partial charge is 0.423 e. The van der Waals surface area contributed by atoms with Crippen LogP contribution in [-0.4, -0.2) is 59.8 Å². The quantitative estimate of drug-likeness (QED) is 0.0295. The third-order valence-electron chi connectivity index (χ3n) is 10.1. The van der Waals surface area contributed by atoms with Crippen molar-refractivity contribution in [1.29, 1.82) is 0 Å². The van der Waals surface area contributed by atoms with Crippen molar-refractivity contribution >= 4 is 11.9 Å². The van der Waals surface area contributed by atoms with E-state index in [2.05, 4.69) is 6.58 Å². The first kappa shape index (κ1) is 54.4. The normalized spacial score (nSPS) is 13.4. The number of hydrogen-bond donors (Lipinski definition) is 0. The lowest BCUT2D eigenvalue weighted by Gasteiger charge is -2.33. The van der Waals surface area contributed by atoms with Gasteiger partial charge >= 0.3 is 59.8 Å². The van der Waals surface area contributed by atoms with Gasteiger partial charge < -0.3 is 9.47 Å². The summed E-state index contributed by atoms with van der Waals surface area (Å²) in [6, 6.07) is 11.5. The number of unbranched alkanes of at least 4 members (excludes halogenated alkanes) is 7. The summed E-state index contributed by atoms with van der Waals surface area (Å²) < 4.78 is 249. The van der Waals surface area contributed by atoms with Gasteiger partial charge in [0.2, 0.25) is 0 Å². The number of ether oxygens (including phenoxy) is 2. The van der Waals surface area contributed by atoms with Crippen LogP contribution in [-0.2, 0) is 19.3 Å². The Morgan fingerprint density at radius 2 is 0.846 bits per heavy atom. The largest absolute Gasteiger partial charge is 0.460 e. The van der Waals surface area contributed by atoms with Gasteiger partial charge in [0.1, 0.15) is 11.5 Å². The number of alkyl halides is 18. The van der Waals surface area contributed by atoms with E-state index in [4.69, 9.17) is 9.47 Å². The number of hydrogen-bond acceptors (Lipinski definition) is 4. The lowest BCUT2D eigenvalue weighted by molar-refractivity contribution is -0.396. The van der Waals surface area contributed by atoms with E-state index < -0.39 is 85.5 Å². The fourth-order valence-corrected chi connectivity index (χ4v) is 6.07. The third-order valence-corrected chi connectivity index (χ3v) is 10.1. The van der Waals surface area contributed by atoms with Gasteiger partial charge in [0.25, 0.3) is 0 Å². The number of benzene rings is 3. The standard InChI is InChI=1S/C43H40F18O4/c1-2-3-4-5-6-7-8-9-10-11-31-26-32(64-34(62)29-16-12-27(13-17-29)22-24-36(44,45)38(48,49)40(52,53)42(56,57)58)20-21-33(31)65-35(63)30-18-14-28(15-19-30)23-25-37(46,47)39(50,51)41(54,55)43(59,60)61/h2,12-21,26H,1,3-11,22-25H2. The maximum Gasteiger partial charge on any atom is 0.460 e. The van der Waals surface area contributed by atoms with Gasteiger partial charge in [-0.3, -0.25) is 0 Å². The van der Waals surface area contributed by atoms with Crippen molar-refractivity contribution < 1.29 is 98.1 Å². The van der Waals surface area contributed by atoms with E-state index in [0.29, 0.717) is 18.4 Å². The topological polar surface area (TPSA) is 52.6 Å². The molecule has 0 aromatic heterocycles. The summed E-state index contributed by atoms with van der Waals surface area (Å²) in [5.74, 6) is -41.6. The number of carbonyl (C=O) groups excluding carboxylic acids is 2. The van der Waals surface area contributed by atoms with Crippen LogP contribution in [0.1, 0.15) is 102 Å². The lowest BCUT2D eigenvalue weighted by atomic mass is 9.97. The van der Waals surface area contributed by atoms with Crippen LogP contribution >= 0.6 is 0 Å². The molecule has 0 aliphatic carbocycles. The molecule has 0 atom stereocenters. The Labute approximate surface area is 360 Å². The molecule has 3 aromatic carbocycles. The van der Waals surface area contributed by atoms with E-state index >= 15 is 0 Å². The maximum absolute atomic E-state index is 14.0. The van der Waals surface area contributed by atoms with Crippen molar-refractivity contribution in [3.8, 4) is 11.5 Å². The molecule has 0 aliphatic rings. The van der Waals surface area contributed by atoms with E-state index in [1.165, 1.54) is 18.2 Å². The first-order valence-electron chi connectivity index (χ1n) is 19.6. The fourth-order valence-electron chi connectivity index (χ4n) is 6.07. The summed E-state index contributed by atoms with van der Waals surface area (Å²) in [5.41, 5.74) is -0.667. The van der Waals surface area contributed by atoms with Crippen molar-refractivity contribution in [2.45, 2.75) is 131 Å². The summed E-state index contributed by atoms with van der Waals surface area (Å²) in [5, 5.41) is 0. The highest BCUT2D eigenvalue weighted by Crippen LogP contribution is 2.55. The molecule has 0 radical (unpaired) electrons. The predicted molar refractivity (Wildman–Crippen MR) is 199 cm³/mol. The van der Waals surface area contributed by atoms with Crippen molar-refractivity contribution in [2.24, 2.45) is 0 Å². The second-order valence-corrected chi connectivity index (χ2v) is 14.9. The first-order chi connectivity index (χ1) is 29.8. The van der Waals surface area contributed by atoms with Crippen LogP contribution in [0.2, 0.25) is 0 Å². The molecule has 0 saturated carbocycles. The zero-order valence-corrected chi connectivity index (χ0v) is 33.8. The molecule has 0 N–H and O–H groups in total. The fraction of sp³-hybridized carbons (Fsp3) is 0.488. The Hall–Kier alpha value is -4.92. The molecular weight excluding hydrogens is 922 g/mol. The Kier molecular flexibility index (Phi) is 17.7. The Morgan fingerprint density at radius 3 is 1.25 bits per heavy atom. The van der Waals surface area contributed by atoms with Crippen molar-refractivity contribution in [3.05, 3.63) is 107 Å². The van der Waals surface area contributed by atoms with Crippen LogP contribution in [0.3, 0.4) is 0 Å². The number of rotatable bonds is 24. The summed E-state index contributed by atoms with van der Waals surface area (Å²) in [6.07, 6.45) is -11.5. The average Bonchev–Trinajstić information content (AvgIpc) is 3.21. The van der Waals surface area contributed by atoms with Gasteiger partial charge in [-0.05, 0) is 97.7 Å². The molecule has 0 spiro atoms. The van der Waals surface area contributed by atoms with E-state index in [9.17, 15) is 88.6 Å². The van der Waals surface area contributed by atoms with Crippen LogP contribution in [0.5, 0.6) is 11.5 Å². The van der Waals surface area contributed by atoms with Gasteiger partial charge in [0.15, 0.2) is 0 Å². The highest BCUT2D eigenvalue weighted by molar-refractivity contribution is 5.92. The maximum atomic E-state index is 14.0. The molecule has 0 heterocycles. The summed E-state index contributed by atoms with van der Waals surface area (Å²) >= 11 is 0. The first-order valence-corrected chi connectivity index (χ1v) is 19.6. The van der Waals surface area contributed by atoms with Gasteiger partial charge in [-0.15, -0.1) is 6.58 Å². The lowest BCUT2D eigenvalue weighted by Crippen LogP contribution is -2.60. The average molecular weight is 963 g/mol. The van der Waals surface area contributed by atoms with Crippen molar-refractivity contribution in [3.63, 3.8) is 0 Å². The second-order valence-electron chi connectivity index (χ2n) is 14.9. The Balaban J connectivity index is 1.73. The molecule has 0 aliphatic heterocycles. The molecule has 0 amide bonds. The van der Waals surface area contributed by atoms with Gasteiger partial charge in [-0.25, -0.2) is 9.59 Å². The predicted octanol–water partition coefficient (Wildman–Crippen LogP) is 14.8. The molecule has 3 aromatic rings. The Bertz CT molecular complexity index is 2040. The molecule has 0 saturated heterocycles. The van der Waals surface area contributed by atoms with Crippen LogP contribution in [0.4, 0.5) is 79.0 Å². The second kappa shape index (κ2) is 21.1. The molecule has 3 rings (SSSR count). The monoisotopic (exact) mass is 962 g/mol. The minimum atomic E-state index is -7.04. The zero-order chi connectivity index (χ0) is 49.3. The van der Waals surface area contributed by atoms with Crippen LogP contribution < -0.4 is 9.47 Å². The molecule has 4 nitrogen and oxygen atoms in total. The molecule has 0 fully saturated rings. The summed E-state index contributed by atoms with van der Waals surface area (Å²) in [4.78, 5) is 26.0. The van der Waals surface area contributed by atoms with E-state index in [1.807, 2.05) is 6.08 Å². The van der Waals surface area contributed by atoms with Crippen molar-refractivity contribution in [1.82, 2.24) is 0 Å². The van der Waals surface area contributed by atoms with Crippen LogP contribution in [0, 0.1) is 0 Å². The van der Waals surface area contributed by atoms with Gasteiger partial charge in [-0.1, -0.05) is 62.4 Å². The van der Waals surface area contributed by atoms with Gasteiger partial charge in [0, 0.05) is 12.8 Å². The SMILES string of the molecule is C=CCCCCCCCCCc1cc(OC(=O)c2ccc(CCC(F)(F)C(F)(F)C(F)(F)C(F)(F)F)cc2)ccc1OC(=O)c1ccc(CCC(F)(F)C(F)(F)C(F)(F)C(F)(F)F)cc1. The molecule has 0 bridgehead atoms. The molecular formula is C43H40F18O4. The third kappa shape index (κ3) is 13.1. The number of esters is 2. The number of carbonyl (C=O) groups is 2. The van der Waals surface area contributed by atoms with Crippen LogP contribution in [0.15, 0.2) is 79.4 Å². The molecule has 0 unspecified atom stereocenters. The number of allylic oxidation sites excluding steroid dienone is 1. The van der Waals surface area contributed by atoms with Crippen LogP contribution in [0.25, 0.3) is 0 Å². The molecule has 65 heavy (non-hydrogen) atoms. The summed E-state index contributed by atoms with van der Waals surface area (Å²) in [7, 11) is 0. The van der Waals surface area contributed by atoms with Gasteiger partial charge in [0.05, 0.1) is 11.1 Å². The summed E-state index contributed by atoms with van der Waals surface area (Å²) in [6.45, 7) is 3.66.